The topological polar surface area (TPSA) is 46.6 Å². The Morgan fingerprint density at radius 2 is 1.95 bits per heavy atom. The lowest BCUT2D eigenvalue weighted by molar-refractivity contribution is 0.0843. The molecule has 0 radical (unpaired) electrons. The third-order valence-electron chi connectivity index (χ3n) is 3.17. The molecule has 1 aromatic rings. The third-order valence-corrected chi connectivity index (χ3v) is 5.51. The molecule has 2 rings (SSSR count). The maximum Gasteiger partial charge on any atom is 0.221 e. The van der Waals surface area contributed by atoms with Gasteiger partial charge in [-0.1, -0.05) is 23.7 Å². The molecule has 1 atom stereocenters. The highest BCUT2D eigenvalue weighted by molar-refractivity contribution is 7.88. The lowest BCUT2D eigenvalue weighted by atomic mass is 10.1. The number of benzene rings is 1. The molecule has 0 aliphatic carbocycles. The van der Waals surface area contributed by atoms with Gasteiger partial charge in [0, 0.05) is 5.02 Å². The first-order chi connectivity index (χ1) is 8.72. The van der Waals surface area contributed by atoms with E-state index in [-0.39, 0.29) is 5.75 Å². The average molecular weight is 304 g/mol. The van der Waals surface area contributed by atoms with E-state index in [1.165, 1.54) is 4.31 Å². The minimum Gasteiger partial charge on any atom is -0.360 e. The minimum absolute atomic E-state index is 0.0404. The molecule has 4 nitrogen and oxygen atoms in total. The van der Waals surface area contributed by atoms with Gasteiger partial charge in [0.15, 0.2) is 0 Å². The van der Waals surface area contributed by atoms with Crippen molar-refractivity contribution in [3.63, 3.8) is 0 Å². The zero-order chi connectivity index (χ0) is 14.3. The quantitative estimate of drug-likeness (QED) is 0.862. The van der Waals surface area contributed by atoms with Crippen LogP contribution in [0.4, 0.5) is 0 Å². The Hall–Kier alpha value is -0.620. The van der Waals surface area contributed by atoms with Gasteiger partial charge in [0.2, 0.25) is 10.0 Å². The van der Waals surface area contributed by atoms with Gasteiger partial charge in [-0.3, -0.25) is 0 Å². The number of hydrogen-bond acceptors (Lipinski definition) is 3. The van der Waals surface area contributed by atoms with Crippen molar-refractivity contribution < 1.29 is 13.2 Å². The second kappa shape index (κ2) is 5.05. The van der Waals surface area contributed by atoms with Crippen LogP contribution < -0.4 is 0 Å². The molecule has 1 aliphatic heterocycles. The van der Waals surface area contributed by atoms with E-state index in [9.17, 15) is 8.42 Å². The van der Waals surface area contributed by atoms with Crippen LogP contribution in [0, 0.1) is 0 Å². The molecule has 106 valence electrons. The van der Waals surface area contributed by atoms with Gasteiger partial charge in [-0.25, -0.2) is 8.42 Å². The van der Waals surface area contributed by atoms with Gasteiger partial charge >= 0.3 is 0 Å². The minimum atomic E-state index is -3.42. The summed E-state index contributed by atoms with van der Waals surface area (Å²) >= 11 is 5.80. The highest BCUT2D eigenvalue weighted by Crippen LogP contribution is 2.31. The van der Waals surface area contributed by atoms with E-state index in [1.54, 1.807) is 31.2 Å². The van der Waals surface area contributed by atoms with Crippen LogP contribution in [0.25, 0.3) is 0 Å². The molecule has 19 heavy (non-hydrogen) atoms. The third kappa shape index (κ3) is 3.11. The summed E-state index contributed by atoms with van der Waals surface area (Å²) in [6, 6.07) is 6.85. The van der Waals surface area contributed by atoms with Crippen LogP contribution in [-0.2, 0) is 20.5 Å². The highest BCUT2D eigenvalue weighted by Gasteiger charge is 2.45. The first-order valence-electron chi connectivity index (χ1n) is 6.11. The standard InChI is InChI=1S/C13H18ClNO3S/c1-10-15(13(2,3)9-18-10)19(16,17)8-11-4-6-12(14)7-5-11/h4-7,10H,8-9H2,1-3H3. The number of halogens is 1. The predicted octanol–water partition coefficient (Wildman–Crippen LogP) is 2.63. The molecule has 1 heterocycles. The van der Waals surface area contributed by atoms with Gasteiger partial charge in [-0.2, -0.15) is 4.31 Å². The first kappa shape index (κ1) is 14.8. The van der Waals surface area contributed by atoms with Crippen LogP contribution in [-0.4, -0.2) is 31.1 Å². The Morgan fingerprint density at radius 1 is 1.37 bits per heavy atom. The molecular formula is C13H18ClNO3S. The summed E-state index contributed by atoms with van der Waals surface area (Å²) in [5.74, 6) is -0.0404. The van der Waals surface area contributed by atoms with Crippen LogP contribution in [0.1, 0.15) is 26.3 Å². The summed E-state index contributed by atoms with van der Waals surface area (Å²) in [7, 11) is -3.42. The van der Waals surface area contributed by atoms with Crippen molar-refractivity contribution in [3.8, 4) is 0 Å². The summed E-state index contributed by atoms with van der Waals surface area (Å²) in [6.07, 6.45) is -0.424. The number of sulfonamides is 1. The molecule has 1 saturated heterocycles. The summed E-state index contributed by atoms with van der Waals surface area (Å²) in [5.41, 5.74) is 0.212. The van der Waals surface area contributed by atoms with Crippen LogP contribution in [0.3, 0.4) is 0 Å². The van der Waals surface area contributed by atoms with Crippen molar-refractivity contribution in [1.82, 2.24) is 4.31 Å². The molecule has 0 N–H and O–H groups in total. The van der Waals surface area contributed by atoms with E-state index in [0.29, 0.717) is 11.6 Å². The maximum atomic E-state index is 12.5. The highest BCUT2D eigenvalue weighted by atomic mass is 35.5. The molecule has 0 amide bonds. The Morgan fingerprint density at radius 3 is 2.42 bits per heavy atom. The van der Waals surface area contributed by atoms with Crippen molar-refractivity contribution >= 4 is 21.6 Å². The fourth-order valence-corrected chi connectivity index (χ4v) is 4.61. The largest absolute Gasteiger partial charge is 0.360 e. The number of rotatable bonds is 3. The molecule has 0 saturated carbocycles. The number of hydrogen-bond donors (Lipinski definition) is 0. The second-order valence-corrected chi connectivity index (χ2v) is 7.68. The molecule has 1 aromatic carbocycles. The Bertz CT molecular complexity index is 554. The molecule has 0 spiro atoms. The van der Waals surface area contributed by atoms with Gasteiger partial charge in [0.1, 0.15) is 6.23 Å². The van der Waals surface area contributed by atoms with Crippen LogP contribution in [0.15, 0.2) is 24.3 Å². The summed E-state index contributed by atoms with van der Waals surface area (Å²) in [5, 5.41) is 0.597. The molecule has 1 unspecified atom stereocenters. The fourth-order valence-electron chi connectivity index (χ4n) is 2.41. The Labute approximate surface area is 119 Å². The number of ether oxygens (including phenoxy) is 1. The van der Waals surface area contributed by atoms with Crippen LogP contribution in [0.5, 0.6) is 0 Å². The van der Waals surface area contributed by atoms with E-state index in [0.717, 1.165) is 5.56 Å². The summed E-state index contributed by atoms with van der Waals surface area (Å²) in [6.45, 7) is 5.91. The van der Waals surface area contributed by atoms with E-state index in [2.05, 4.69) is 0 Å². The van der Waals surface area contributed by atoms with Gasteiger partial charge in [0.25, 0.3) is 0 Å². The van der Waals surface area contributed by atoms with Crippen molar-refractivity contribution in [2.75, 3.05) is 6.61 Å². The lowest BCUT2D eigenvalue weighted by Crippen LogP contribution is -2.47. The zero-order valence-electron chi connectivity index (χ0n) is 11.3. The molecule has 0 aromatic heterocycles. The van der Waals surface area contributed by atoms with E-state index >= 15 is 0 Å². The molecular weight excluding hydrogens is 286 g/mol. The maximum absolute atomic E-state index is 12.5. The first-order valence-corrected chi connectivity index (χ1v) is 8.09. The van der Waals surface area contributed by atoms with E-state index < -0.39 is 21.8 Å². The molecule has 1 aliphatic rings. The Balaban J connectivity index is 2.25. The lowest BCUT2D eigenvalue weighted by Gasteiger charge is -2.30. The molecule has 1 fully saturated rings. The summed E-state index contributed by atoms with van der Waals surface area (Å²) < 4.78 is 32.0. The average Bonchev–Trinajstić information content (AvgIpc) is 2.56. The predicted molar refractivity (Wildman–Crippen MR) is 75.4 cm³/mol. The summed E-state index contributed by atoms with van der Waals surface area (Å²) in [4.78, 5) is 0. The van der Waals surface area contributed by atoms with Crippen molar-refractivity contribution in [3.05, 3.63) is 34.9 Å². The SMILES string of the molecule is CC1OCC(C)(C)N1S(=O)(=O)Cc1ccc(Cl)cc1. The zero-order valence-corrected chi connectivity index (χ0v) is 12.8. The normalized spacial score (nSPS) is 23.7. The van der Waals surface area contributed by atoms with Gasteiger partial charge in [-0.15, -0.1) is 0 Å². The van der Waals surface area contributed by atoms with E-state index in [1.807, 2.05) is 13.8 Å². The monoisotopic (exact) mass is 303 g/mol. The van der Waals surface area contributed by atoms with Crippen molar-refractivity contribution in [2.45, 2.75) is 38.3 Å². The van der Waals surface area contributed by atoms with Gasteiger partial charge < -0.3 is 4.74 Å². The molecule has 6 heteroatoms. The van der Waals surface area contributed by atoms with E-state index in [4.69, 9.17) is 16.3 Å². The van der Waals surface area contributed by atoms with Crippen molar-refractivity contribution in [1.29, 1.82) is 0 Å². The second-order valence-electron chi connectivity index (χ2n) is 5.40. The Kier molecular flexibility index (Phi) is 3.93. The smallest absolute Gasteiger partial charge is 0.221 e. The van der Waals surface area contributed by atoms with Crippen LogP contribution in [0.2, 0.25) is 5.02 Å². The van der Waals surface area contributed by atoms with Crippen molar-refractivity contribution in [2.24, 2.45) is 0 Å². The fraction of sp³-hybridized carbons (Fsp3) is 0.538. The van der Waals surface area contributed by atoms with Crippen LogP contribution >= 0.6 is 11.6 Å². The van der Waals surface area contributed by atoms with Gasteiger partial charge in [-0.05, 0) is 38.5 Å². The molecule has 0 bridgehead atoms. The number of nitrogens with zero attached hydrogens (tertiary/aromatic N) is 1. The van der Waals surface area contributed by atoms with Gasteiger partial charge in [0.05, 0.1) is 17.9 Å².